The van der Waals surface area contributed by atoms with Crippen molar-refractivity contribution >= 4 is 0 Å². The van der Waals surface area contributed by atoms with E-state index in [1.807, 2.05) is 0 Å². The van der Waals surface area contributed by atoms with Gasteiger partial charge >= 0.3 is 0 Å². The predicted molar refractivity (Wildman–Crippen MR) is 69.7 cm³/mol. The van der Waals surface area contributed by atoms with Gasteiger partial charge in [-0.2, -0.15) is 0 Å². The minimum Gasteiger partial charge on any atom is -0.310 e. The van der Waals surface area contributed by atoms with Crippen molar-refractivity contribution in [2.75, 3.05) is 13.1 Å². The fourth-order valence-corrected chi connectivity index (χ4v) is 3.42. The quantitative estimate of drug-likeness (QED) is 0.793. The number of rotatable bonds is 3. The highest BCUT2D eigenvalue weighted by molar-refractivity contribution is 4.89. The van der Waals surface area contributed by atoms with Gasteiger partial charge in [-0.05, 0) is 38.8 Å². The zero-order valence-electron chi connectivity index (χ0n) is 11.0. The van der Waals surface area contributed by atoms with Crippen LogP contribution in [0.4, 0.5) is 0 Å². The average molecular weight is 224 g/mol. The Balaban J connectivity index is 1.92. The van der Waals surface area contributed by atoms with Gasteiger partial charge in [0.05, 0.1) is 0 Å². The summed E-state index contributed by atoms with van der Waals surface area (Å²) in [7, 11) is 0. The first kappa shape index (κ1) is 12.4. The molecule has 1 heterocycles. The Morgan fingerprint density at radius 2 is 1.62 bits per heavy atom. The van der Waals surface area contributed by atoms with Crippen LogP contribution in [-0.4, -0.2) is 36.1 Å². The number of piperidine rings is 1. The van der Waals surface area contributed by atoms with Gasteiger partial charge in [0.1, 0.15) is 0 Å². The maximum absolute atomic E-state index is 3.79. The summed E-state index contributed by atoms with van der Waals surface area (Å²) in [6.45, 7) is 7.26. The van der Waals surface area contributed by atoms with Gasteiger partial charge in [0.2, 0.25) is 0 Å². The monoisotopic (exact) mass is 224 g/mol. The molecule has 2 aliphatic rings. The maximum Gasteiger partial charge on any atom is 0.0249 e. The third-order valence-electron chi connectivity index (χ3n) is 4.14. The van der Waals surface area contributed by atoms with E-state index in [0.717, 1.165) is 12.1 Å². The number of likely N-dealkylation sites (tertiary alicyclic amines) is 1. The molecule has 0 radical (unpaired) electrons. The van der Waals surface area contributed by atoms with E-state index < -0.39 is 0 Å². The van der Waals surface area contributed by atoms with Crippen LogP contribution in [0.1, 0.15) is 58.8 Å². The molecule has 0 aromatic rings. The molecular formula is C14H28N2. The summed E-state index contributed by atoms with van der Waals surface area (Å²) in [5, 5.41) is 3.79. The molecule has 1 saturated heterocycles. The van der Waals surface area contributed by atoms with E-state index >= 15 is 0 Å². The lowest BCUT2D eigenvalue weighted by atomic mass is 9.87. The van der Waals surface area contributed by atoms with Gasteiger partial charge in [-0.3, -0.25) is 4.90 Å². The lowest BCUT2D eigenvalue weighted by Crippen LogP contribution is -2.54. The second-order valence-corrected chi connectivity index (χ2v) is 5.88. The third-order valence-corrected chi connectivity index (χ3v) is 4.14. The van der Waals surface area contributed by atoms with Gasteiger partial charge in [0, 0.05) is 18.1 Å². The predicted octanol–water partition coefficient (Wildman–Crippen LogP) is 2.78. The van der Waals surface area contributed by atoms with Crippen molar-refractivity contribution in [3.8, 4) is 0 Å². The smallest absolute Gasteiger partial charge is 0.0249 e. The van der Waals surface area contributed by atoms with E-state index in [0.29, 0.717) is 6.04 Å². The van der Waals surface area contributed by atoms with Gasteiger partial charge in [-0.25, -0.2) is 0 Å². The summed E-state index contributed by atoms with van der Waals surface area (Å²) in [6.07, 6.45) is 9.97. The maximum atomic E-state index is 3.79. The minimum absolute atomic E-state index is 0.635. The molecule has 2 nitrogen and oxygen atoms in total. The molecule has 0 aromatic carbocycles. The Labute approximate surface area is 101 Å². The first-order valence-electron chi connectivity index (χ1n) is 7.27. The van der Waals surface area contributed by atoms with Crippen LogP contribution in [0.3, 0.4) is 0 Å². The highest BCUT2D eigenvalue weighted by Gasteiger charge is 2.30. The van der Waals surface area contributed by atoms with E-state index in [1.54, 1.807) is 0 Å². The molecule has 2 fully saturated rings. The molecule has 2 heteroatoms. The Kier molecular flexibility index (Phi) is 4.66. The highest BCUT2D eigenvalue weighted by Crippen LogP contribution is 2.26. The summed E-state index contributed by atoms with van der Waals surface area (Å²) in [6, 6.07) is 2.22. The van der Waals surface area contributed by atoms with Crippen molar-refractivity contribution in [3.05, 3.63) is 0 Å². The number of nitrogens with one attached hydrogen (secondary N) is 1. The van der Waals surface area contributed by atoms with E-state index in [9.17, 15) is 0 Å². The second-order valence-electron chi connectivity index (χ2n) is 5.88. The Morgan fingerprint density at radius 3 is 2.31 bits per heavy atom. The van der Waals surface area contributed by atoms with Crippen LogP contribution < -0.4 is 5.32 Å². The molecule has 1 aliphatic carbocycles. The van der Waals surface area contributed by atoms with Crippen LogP contribution in [0.25, 0.3) is 0 Å². The van der Waals surface area contributed by atoms with Gasteiger partial charge in [-0.1, -0.05) is 33.1 Å². The fraction of sp³-hybridized carbons (Fsp3) is 1.00. The van der Waals surface area contributed by atoms with Crippen LogP contribution >= 0.6 is 0 Å². The van der Waals surface area contributed by atoms with Crippen LogP contribution in [0.2, 0.25) is 0 Å². The number of hydrogen-bond donors (Lipinski definition) is 1. The molecule has 0 unspecified atom stereocenters. The molecule has 94 valence electrons. The van der Waals surface area contributed by atoms with Crippen molar-refractivity contribution in [2.24, 2.45) is 0 Å². The lowest BCUT2D eigenvalue weighted by Gasteiger charge is -2.42. The summed E-state index contributed by atoms with van der Waals surface area (Å²) in [5.74, 6) is 0. The summed E-state index contributed by atoms with van der Waals surface area (Å²) >= 11 is 0. The van der Waals surface area contributed by atoms with Crippen molar-refractivity contribution in [1.82, 2.24) is 10.2 Å². The topological polar surface area (TPSA) is 15.3 Å². The fourth-order valence-electron chi connectivity index (χ4n) is 3.42. The molecule has 1 saturated carbocycles. The third kappa shape index (κ3) is 3.21. The van der Waals surface area contributed by atoms with Crippen LogP contribution in [0, 0.1) is 0 Å². The SMILES string of the molecule is CC(C)N[C@H]1CCCC[C@@H]1N1CCCCC1. The van der Waals surface area contributed by atoms with Crippen LogP contribution in [-0.2, 0) is 0 Å². The Morgan fingerprint density at radius 1 is 0.938 bits per heavy atom. The van der Waals surface area contributed by atoms with E-state index in [1.165, 1.54) is 58.0 Å². The van der Waals surface area contributed by atoms with Gasteiger partial charge < -0.3 is 5.32 Å². The standard InChI is InChI=1S/C14H28N2/c1-12(2)15-13-8-4-5-9-14(13)16-10-6-3-7-11-16/h12-15H,3-11H2,1-2H3/t13-,14-/m0/s1. The highest BCUT2D eigenvalue weighted by atomic mass is 15.2. The summed E-state index contributed by atoms with van der Waals surface area (Å²) in [5.41, 5.74) is 0. The van der Waals surface area contributed by atoms with Crippen molar-refractivity contribution in [3.63, 3.8) is 0 Å². The first-order valence-corrected chi connectivity index (χ1v) is 7.27. The van der Waals surface area contributed by atoms with Crippen molar-refractivity contribution in [2.45, 2.75) is 76.9 Å². The zero-order chi connectivity index (χ0) is 11.4. The van der Waals surface area contributed by atoms with E-state index in [4.69, 9.17) is 0 Å². The van der Waals surface area contributed by atoms with E-state index in [2.05, 4.69) is 24.1 Å². The summed E-state index contributed by atoms with van der Waals surface area (Å²) in [4.78, 5) is 2.77. The molecule has 1 aliphatic heterocycles. The minimum atomic E-state index is 0.635. The lowest BCUT2D eigenvalue weighted by molar-refractivity contribution is 0.0979. The van der Waals surface area contributed by atoms with Crippen molar-refractivity contribution < 1.29 is 0 Å². The molecule has 2 atom stereocenters. The summed E-state index contributed by atoms with van der Waals surface area (Å²) < 4.78 is 0. The normalized spacial score (nSPS) is 33.2. The molecule has 0 bridgehead atoms. The zero-order valence-corrected chi connectivity index (χ0v) is 11.0. The number of hydrogen-bond acceptors (Lipinski definition) is 2. The molecule has 2 rings (SSSR count). The van der Waals surface area contributed by atoms with Crippen LogP contribution in [0.5, 0.6) is 0 Å². The second kappa shape index (κ2) is 6.02. The molecule has 0 spiro atoms. The van der Waals surface area contributed by atoms with Crippen molar-refractivity contribution in [1.29, 1.82) is 0 Å². The largest absolute Gasteiger partial charge is 0.310 e. The van der Waals surface area contributed by atoms with Gasteiger partial charge in [-0.15, -0.1) is 0 Å². The molecule has 1 N–H and O–H groups in total. The Hall–Kier alpha value is -0.0800. The molecule has 0 amide bonds. The average Bonchev–Trinajstić information content (AvgIpc) is 2.30. The Bertz CT molecular complexity index is 197. The molecular weight excluding hydrogens is 196 g/mol. The molecule has 16 heavy (non-hydrogen) atoms. The first-order chi connectivity index (χ1) is 7.77. The van der Waals surface area contributed by atoms with Crippen LogP contribution in [0.15, 0.2) is 0 Å². The van der Waals surface area contributed by atoms with E-state index in [-0.39, 0.29) is 0 Å². The van der Waals surface area contributed by atoms with Gasteiger partial charge in [0.25, 0.3) is 0 Å². The van der Waals surface area contributed by atoms with Gasteiger partial charge in [0.15, 0.2) is 0 Å². The molecule has 0 aromatic heterocycles. The number of nitrogens with zero attached hydrogens (tertiary/aromatic N) is 1.